The molecule has 0 aliphatic carbocycles. The van der Waals surface area contributed by atoms with Gasteiger partial charge < -0.3 is 34.6 Å². The summed E-state index contributed by atoms with van der Waals surface area (Å²) < 4.78 is 22.4. The van der Waals surface area contributed by atoms with Gasteiger partial charge in [0.05, 0.1) is 29.1 Å². The van der Waals surface area contributed by atoms with E-state index in [4.69, 9.17) is 16.3 Å². The number of hydrogen-bond acceptors (Lipinski definition) is 8. The minimum absolute atomic E-state index is 0.0229. The van der Waals surface area contributed by atoms with Gasteiger partial charge in [0, 0.05) is 80.2 Å². The zero-order valence-electron chi connectivity index (χ0n) is 29.5. The maximum atomic E-state index is 16.7. The average molecular weight is 694 g/mol. The van der Waals surface area contributed by atoms with Gasteiger partial charge in [0.1, 0.15) is 5.82 Å². The molecule has 2 aromatic carbocycles. The molecule has 49 heavy (non-hydrogen) atoms. The first-order valence-corrected chi connectivity index (χ1v) is 17.5. The Hall–Kier alpha value is -3.93. The normalized spacial score (nSPS) is 18.0. The van der Waals surface area contributed by atoms with Crippen LogP contribution in [-0.2, 0) is 0 Å². The summed E-state index contributed by atoms with van der Waals surface area (Å²) in [7, 11) is 8.00. The van der Waals surface area contributed by atoms with Crippen molar-refractivity contribution in [3.05, 3.63) is 70.6 Å². The van der Waals surface area contributed by atoms with Gasteiger partial charge in [-0.15, -0.1) is 0 Å². The predicted molar refractivity (Wildman–Crippen MR) is 195 cm³/mol. The van der Waals surface area contributed by atoms with Crippen LogP contribution >= 0.6 is 11.6 Å². The van der Waals surface area contributed by atoms with Crippen LogP contribution in [0, 0.1) is 5.82 Å². The molecule has 2 aliphatic rings. The van der Waals surface area contributed by atoms with Gasteiger partial charge in [-0.05, 0) is 90.4 Å². The molecular formula is C37H49ClFN7O3. The van der Waals surface area contributed by atoms with Crippen LogP contribution in [0.3, 0.4) is 0 Å². The number of piperazine rings is 1. The first-order chi connectivity index (χ1) is 23.5. The van der Waals surface area contributed by atoms with E-state index in [9.17, 15) is 9.59 Å². The molecule has 0 radical (unpaired) electrons. The van der Waals surface area contributed by atoms with Crippen LogP contribution in [0.5, 0.6) is 5.88 Å². The summed E-state index contributed by atoms with van der Waals surface area (Å²) in [6.07, 6.45) is 3.30. The third-order valence-electron chi connectivity index (χ3n) is 9.51. The molecule has 264 valence electrons. The first-order valence-electron chi connectivity index (χ1n) is 17.1. The van der Waals surface area contributed by atoms with Crippen LogP contribution in [0.15, 0.2) is 48.7 Å². The fourth-order valence-electron chi connectivity index (χ4n) is 6.76. The number of nitrogens with zero attached hydrogens (tertiary/aromatic N) is 6. The quantitative estimate of drug-likeness (QED) is 0.280. The third-order valence-corrected chi connectivity index (χ3v) is 9.74. The number of hydrogen-bond donors (Lipinski definition) is 1. The smallest absolute Gasteiger partial charge is 0.256 e. The summed E-state index contributed by atoms with van der Waals surface area (Å²) >= 11 is 6.45. The van der Waals surface area contributed by atoms with Crippen molar-refractivity contribution in [3.8, 4) is 17.0 Å². The van der Waals surface area contributed by atoms with Crippen LogP contribution in [0.2, 0.25) is 5.02 Å². The topological polar surface area (TPSA) is 84.5 Å². The van der Waals surface area contributed by atoms with E-state index in [1.165, 1.54) is 0 Å². The van der Waals surface area contributed by atoms with E-state index in [-0.39, 0.29) is 23.1 Å². The SMILES string of the molecule is CCOc1ncccc1-c1ccc(N2CCN(C(=O)c3ccc(Cl)cc3N3CC[C@H](N(C)C)C3)C[C@H]2CC)c(C(=O)NCCN(C)C)c1F. The summed E-state index contributed by atoms with van der Waals surface area (Å²) in [6.45, 7) is 8.20. The van der Waals surface area contributed by atoms with Crippen molar-refractivity contribution in [2.75, 3.05) is 90.4 Å². The van der Waals surface area contributed by atoms with E-state index >= 15 is 4.39 Å². The Morgan fingerprint density at radius 3 is 2.51 bits per heavy atom. The number of halogens is 2. The van der Waals surface area contributed by atoms with Crippen molar-refractivity contribution in [2.45, 2.75) is 38.8 Å². The number of anilines is 2. The van der Waals surface area contributed by atoms with Crippen molar-refractivity contribution in [1.82, 2.24) is 25.0 Å². The van der Waals surface area contributed by atoms with Crippen molar-refractivity contribution in [2.24, 2.45) is 0 Å². The highest BCUT2D eigenvalue weighted by atomic mass is 35.5. The lowest BCUT2D eigenvalue weighted by Gasteiger charge is -2.43. The Bertz CT molecular complexity index is 1640. The lowest BCUT2D eigenvalue weighted by Crippen LogP contribution is -2.55. The molecule has 0 saturated carbocycles. The van der Waals surface area contributed by atoms with E-state index in [0.29, 0.717) is 79.5 Å². The number of aromatic nitrogens is 1. The number of benzene rings is 2. The summed E-state index contributed by atoms with van der Waals surface area (Å²) in [5, 5.41) is 3.52. The van der Waals surface area contributed by atoms with Crippen LogP contribution in [0.1, 0.15) is 47.4 Å². The highest BCUT2D eigenvalue weighted by Gasteiger charge is 2.35. The number of likely N-dealkylation sites (N-methyl/N-ethyl adjacent to an activating group) is 2. The number of pyridine rings is 1. The highest BCUT2D eigenvalue weighted by Crippen LogP contribution is 2.37. The van der Waals surface area contributed by atoms with Crippen LogP contribution in [0.4, 0.5) is 15.8 Å². The minimum atomic E-state index is -0.630. The number of carbonyl (C=O) groups excluding carboxylic acids is 2. The molecule has 2 amide bonds. The average Bonchev–Trinajstić information content (AvgIpc) is 3.59. The molecule has 10 nitrogen and oxygen atoms in total. The first kappa shape index (κ1) is 36.4. The van der Waals surface area contributed by atoms with Crippen LogP contribution < -0.4 is 19.9 Å². The van der Waals surface area contributed by atoms with E-state index in [1.807, 2.05) is 49.0 Å². The molecular weight excluding hydrogens is 645 g/mol. The van der Waals surface area contributed by atoms with Gasteiger partial charge in [-0.1, -0.05) is 18.5 Å². The fourth-order valence-corrected chi connectivity index (χ4v) is 6.93. The molecule has 3 heterocycles. The van der Waals surface area contributed by atoms with E-state index in [1.54, 1.807) is 30.5 Å². The van der Waals surface area contributed by atoms with Crippen molar-refractivity contribution >= 4 is 34.8 Å². The summed E-state index contributed by atoms with van der Waals surface area (Å²) in [6, 6.07) is 12.7. The molecule has 0 spiro atoms. The van der Waals surface area contributed by atoms with Gasteiger partial charge in [-0.3, -0.25) is 9.59 Å². The molecule has 2 atom stereocenters. The standard InChI is InChI=1S/C37H49ClFN7O3/c1-7-26-23-45(37(48)30-12-11-25(38)22-32(30)44-18-15-27(24-44)43(5)6)20-21-46(26)31-14-13-28(29-10-9-16-41-36(29)49-8-2)34(39)33(31)35(47)40-17-19-42(3)4/h9-14,16,22,26-27H,7-8,15,17-21,23-24H2,1-6H3,(H,40,47)/t26-,27+/m1/s1. The molecule has 12 heteroatoms. The van der Waals surface area contributed by atoms with Crippen molar-refractivity contribution in [1.29, 1.82) is 0 Å². The fraction of sp³-hybridized carbons (Fsp3) is 0.486. The van der Waals surface area contributed by atoms with E-state index < -0.39 is 11.7 Å². The molecule has 2 aliphatic heterocycles. The molecule has 0 unspecified atom stereocenters. The van der Waals surface area contributed by atoms with Crippen LogP contribution in [-0.4, -0.2) is 124 Å². The highest BCUT2D eigenvalue weighted by molar-refractivity contribution is 6.31. The summed E-state index contributed by atoms with van der Waals surface area (Å²) in [5.41, 5.74) is 2.69. The second-order valence-electron chi connectivity index (χ2n) is 13.2. The Morgan fingerprint density at radius 2 is 1.82 bits per heavy atom. The van der Waals surface area contributed by atoms with E-state index in [2.05, 4.69) is 46.0 Å². The summed E-state index contributed by atoms with van der Waals surface area (Å²) in [4.78, 5) is 42.7. The van der Waals surface area contributed by atoms with E-state index in [0.717, 1.165) is 25.2 Å². The predicted octanol–water partition coefficient (Wildman–Crippen LogP) is 5.11. The van der Waals surface area contributed by atoms with Crippen molar-refractivity contribution in [3.63, 3.8) is 0 Å². The maximum absolute atomic E-state index is 16.7. The molecule has 1 aromatic heterocycles. The van der Waals surface area contributed by atoms with Gasteiger partial charge in [0.2, 0.25) is 5.88 Å². The second-order valence-corrected chi connectivity index (χ2v) is 13.6. The molecule has 1 N–H and O–H groups in total. The number of rotatable bonds is 12. The molecule has 0 bridgehead atoms. The molecule has 2 saturated heterocycles. The van der Waals surface area contributed by atoms with Gasteiger partial charge in [-0.2, -0.15) is 0 Å². The van der Waals surface area contributed by atoms with Gasteiger partial charge >= 0.3 is 0 Å². The third kappa shape index (κ3) is 8.11. The monoisotopic (exact) mass is 693 g/mol. The lowest BCUT2D eigenvalue weighted by molar-refractivity contribution is 0.0720. The number of ether oxygens (including phenoxy) is 1. The minimum Gasteiger partial charge on any atom is -0.478 e. The zero-order chi connectivity index (χ0) is 35.2. The second kappa shape index (κ2) is 16.2. The number of nitrogens with one attached hydrogen (secondary N) is 1. The van der Waals surface area contributed by atoms with Crippen molar-refractivity contribution < 1.29 is 18.7 Å². The molecule has 3 aromatic rings. The Morgan fingerprint density at radius 1 is 1.02 bits per heavy atom. The Balaban J connectivity index is 1.45. The number of amides is 2. The lowest BCUT2D eigenvalue weighted by atomic mass is 9.98. The molecule has 5 rings (SSSR count). The summed E-state index contributed by atoms with van der Waals surface area (Å²) in [5.74, 6) is -0.864. The zero-order valence-corrected chi connectivity index (χ0v) is 30.3. The number of carbonyl (C=O) groups is 2. The Kier molecular flexibility index (Phi) is 12.0. The Labute approximate surface area is 294 Å². The molecule has 2 fully saturated rings. The van der Waals surface area contributed by atoms with Crippen LogP contribution in [0.25, 0.3) is 11.1 Å². The maximum Gasteiger partial charge on any atom is 0.256 e. The van der Waals surface area contributed by atoms with Gasteiger partial charge in [0.15, 0.2) is 0 Å². The van der Waals surface area contributed by atoms with Gasteiger partial charge in [0.25, 0.3) is 11.8 Å². The largest absolute Gasteiger partial charge is 0.478 e. The van der Waals surface area contributed by atoms with Gasteiger partial charge in [-0.25, -0.2) is 9.37 Å².